The van der Waals surface area contributed by atoms with Crippen molar-refractivity contribution in [1.29, 1.82) is 0 Å². The van der Waals surface area contributed by atoms with Gasteiger partial charge < -0.3 is 24.7 Å². The minimum atomic E-state index is -0.754. The molecule has 0 saturated carbocycles. The topological polar surface area (TPSA) is 114 Å². The highest BCUT2D eigenvalue weighted by atomic mass is 16.5. The molecule has 2 rings (SSSR count). The summed E-state index contributed by atoms with van der Waals surface area (Å²) in [7, 11) is 2.87. The van der Waals surface area contributed by atoms with Crippen LogP contribution in [0.5, 0.6) is 11.5 Å². The van der Waals surface area contributed by atoms with Crippen molar-refractivity contribution in [3.8, 4) is 11.5 Å². The molecule has 0 radical (unpaired) electrons. The van der Waals surface area contributed by atoms with E-state index in [4.69, 9.17) is 14.2 Å². The summed E-state index contributed by atoms with van der Waals surface area (Å²) in [6.45, 7) is 4.91. The lowest BCUT2D eigenvalue weighted by Crippen LogP contribution is -2.33. The van der Waals surface area contributed by atoms with Gasteiger partial charge in [-0.25, -0.2) is 9.52 Å². The van der Waals surface area contributed by atoms with Crippen molar-refractivity contribution in [2.24, 2.45) is 5.41 Å². The highest BCUT2D eigenvalue weighted by molar-refractivity contribution is 6.03. The Morgan fingerprint density at radius 3 is 2.39 bits per heavy atom. The average Bonchev–Trinajstić information content (AvgIpc) is 2.65. The van der Waals surface area contributed by atoms with E-state index >= 15 is 0 Å². The van der Waals surface area contributed by atoms with E-state index in [0.717, 1.165) is 0 Å². The summed E-state index contributed by atoms with van der Waals surface area (Å²) in [5.41, 5.74) is -0.418. The van der Waals surface area contributed by atoms with Crippen molar-refractivity contribution in [2.75, 3.05) is 19.5 Å². The highest BCUT2D eigenvalue weighted by Crippen LogP contribution is 2.34. The second-order valence-electron chi connectivity index (χ2n) is 6.89. The van der Waals surface area contributed by atoms with Crippen LogP contribution < -0.4 is 19.5 Å². The van der Waals surface area contributed by atoms with Crippen LogP contribution in [-0.2, 0) is 16.1 Å². The predicted molar refractivity (Wildman–Crippen MR) is 99.9 cm³/mol. The van der Waals surface area contributed by atoms with E-state index in [1.54, 1.807) is 20.8 Å². The number of anilines is 1. The van der Waals surface area contributed by atoms with E-state index in [-0.39, 0.29) is 29.6 Å². The molecule has 150 valence electrons. The number of hydrogen-bond donors (Lipinski definition) is 1. The zero-order valence-corrected chi connectivity index (χ0v) is 16.4. The van der Waals surface area contributed by atoms with Crippen LogP contribution in [0.1, 0.15) is 37.0 Å². The fraction of sp³-hybridized carbons (Fsp3) is 0.368. The first-order valence-corrected chi connectivity index (χ1v) is 8.45. The van der Waals surface area contributed by atoms with E-state index in [9.17, 15) is 14.8 Å². The first-order chi connectivity index (χ1) is 13.2. The van der Waals surface area contributed by atoms with Gasteiger partial charge in [0.1, 0.15) is 6.20 Å². The largest absolute Gasteiger partial charge is 0.711 e. The van der Waals surface area contributed by atoms with Gasteiger partial charge in [-0.2, -0.15) is 0 Å². The summed E-state index contributed by atoms with van der Waals surface area (Å²) < 4.78 is 16.2. The monoisotopic (exact) mass is 389 g/mol. The third-order valence-electron chi connectivity index (χ3n) is 3.79. The normalized spacial score (nSPS) is 10.9. The van der Waals surface area contributed by atoms with Crippen molar-refractivity contribution in [3.05, 3.63) is 47.2 Å². The van der Waals surface area contributed by atoms with Crippen LogP contribution in [0.4, 0.5) is 5.69 Å². The van der Waals surface area contributed by atoms with Crippen LogP contribution in [0.3, 0.4) is 0 Å². The Hall–Kier alpha value is -3.36. The predicted octanol–water partition coefficient (Wildman–Crippen LogP) is 2.07. The first kappa shape index (κ1) is 20.9. The molecule has 0 spiro atoms. The molecule has 1 N–H and O–H groups in total. The zero-order chi connectivity index (χ0) is 20.9. The number of nitrogens with zero attached hydrogens (tertiary/aromatic N) is 2. The average molecular weight is 389 g/mol. The standard InChI is InChI=1S/C19H23N3O6/c1-19(2,3)18(24)21-13-10-15(27-5)14(26-4)9-12(13)17(23)28-11-16-20-7-6-8-22(16)25/h6-10H,11H2,1-5H3,(H,21,24). The minimum absolute atomic E-state index is 0.0246. The number of carbonyl (C=O) groups excluding carboxylic acids is 2. The number of esters is 1. The van der Waals surface area contributed by atoms with Gasteiger partial charge in [-0.3, -0.25) is 4.79 Å². The Morgan fingerprint density at radius 2 is 1.82 bits per heavy atom. The van der Waals surface area contributed by atoms with E-state index < -0.39 is 11.4 Å². The number of methoxy groups -OCH3 is 2. The molecule has 0 unspecified atom stereocenters. The second kappa shape index (κ2) is 8.55. The van der Waals surface area contributed by atoms with Gasteiger partial charge in [0.25, 0.3) is 0 Å². The SMILES string of the molecule is COc1cc(NC(=O)C(C)(C)C)c(C(=O)OCc2nccc[n+]2[O-])cc1OC. The quantitative estimate of drug-likeness (QED) is 0.457. The Bertz CT molecular complexity index is 876. The van der Waals surface area contributed by atoms with E-state index in [1.807, 2.05) is 0 Å². The van der Waals surface area contributed by atoms with Crippen molar-refractivity contribution in [3.63, 3.8) is 0 Å². The molecule has 28 heavy (non-hydrogen) atoms. The van der Waals surface area contributed by atoms with Crippen LogP contribution >= 0.6 is 0 Å². The maximum atomic E-state index is 12.6. The third-order valence-corrected chi connectivity index (χ3v) is 3.79. The van der Waals surface area contributed by atoms with Gasteiger partial charge >= 0.3 is 11.8 Å². The molecule has 0 fully saturated rings. The Kier molecular flexibility index (Phi) is 6.40. The second-order valence-corrected chi connectivity index (χ2v) is 6.89. The summed E-state index contributed by atoms with van der Waals surface area (Å²) in [6, 6.07) is 4.35. The molecule has 1 aromatic carbocycles. The van der Waals surface area contributed by atoms with Crippen molar-refractivity contribution in [1.82, 2.24) is 4.98 Å². The van der Waals surface area contributed by atoms with Gasteiger partial charge in [0.05, 0.1) is 31.7 Å². The number of nitrogens with one attached hydrogen (secondary N) is 1. The van der Waals surface area contributed by atoms with Gasteiger partial charge in [0, 0.05) is 23.6 Å². The van der Waals surface area contributed by atoms with Crippen molar-refractivity contribution < 1.29 is 28.5 Å². The molecule has 2 aromatic rings. The number of amides is 1. The molecule has 0 atom stereocenters. The fourth-order valence-electron chi connectivity index (χ4n) is 2.16. The summed E-state index contributed by atoms with van der Waals surface area (Å²) in [5.74, 6) is -0.395. The smallest absolute Gasteiger partial charge is 0.341 e. The van der Waals surface area contributed by atoms with Crippen LogP contribution in [0.2, 0.25) is 0 Å². The first-order valence-electron chi connectivity index (χ1n) is 8.45. The summed E-state index contributed by atoms with van der Waals surface area (Å²) in [6.07, 6.45) is 2.67. The van der Waals surface area contributed by atoms with Gasteiger partial charge in [-0.05, 0) is 4.98 Å². The van der Waals surface area contributed by atoms with Gasteiger partial charge in [-0.15, -0.1) is 0 Å². The Morgan fingerprint density at radius 1 is 1.18 bits per heavy atom. The van der Waals surface area contributed by atoms with Crippen molar-refractivity contribution in [2.45, 2.75) is 27.4 Å². The van der Waals surface area contributed by atoms with E-state index in [1.165, 1.54) is 44.8 Å². The molecule has 1 amide bonds. The van der Waals surface area contributed by atoms with Crippen LogP contribution in [-0.4, -0.2) is 31.1 Å². The maximum Gasteiger partial charge on any atom is 0.341 e. The molecule has 1 aromatic heterocycles. The number of benzene rings is 1. The molecule has 0 aliphatic carbocycles. The number of aromatic nitrogens is 2. The molecule has 0 aliphatic heterocycles. The van der Waals surface area contributed by atoms with Gasteiger partial charge in [0.15, 0.2) is 18.1 Å². The van der Waals surface area contributed by atoms with Gasteiger partial charge in [0.2, 0.25) is 5.91 Å². The lowest BCUT2D eigenvalue weighted by Gasteiger charge is -2.20. The summed E-state index contributed by atoms with van der Waals surface area (Å²) in [5, 5.41) is 14.4. The van der Waals surface area contributed by atoms with E-state index in [0.29, 0.717) is 16.2 Å². The summed E-state index contributed by atoms with van der Waals surface area (Å²) in [4.78, 5) is 28.9. The molecular formula is C19H23N3O6. The number of hydrogen-bond acceptors (Lipinski definition) is 7. The molecule has 9 heteroatoms. The third kappa shape index (κ3) is 4.87. The summed E-state index contributed by atoms with van der Waals surface area (Å²) >= 11 is 0. The van der Waals surface area contributed by atoms with E-state index in [2.05, 4.69) is 10.3 Å². The molecule has 0 saturated heterocycles. The van der Waals surface area contributed by atoms with Gasteiger partial charge in [-0.1, -0.05) is 20.8 Å². The maximum absolute atomic E-state index is 12.6. The zero-order valence-electron chi connectivity index (χ0n) is 16.4. The molecule has 1 heterocycles. The van der Waals surface area contributed by atoms with Crippen LogP contribution in [0, 0.1) is 10.6 Å². The fourth-order valence-corrected chi connectivity index (χ4v) is 2.16. The van der Waals surface area contributed by atoms with Crippen molar-refractivity contribution >= 4 is 17.6 Å². The lowest BCUT2D eigenvalue weighted by atomic mass is 9.95. The van der Waals surface area contributed by atoms with Crippen LogP contribution in [0.15, 0.2) is 30.6 Å². The minimum Gasteiger partial charge on any atom is -0.711 e. The van der Waals surface area contributed by atoms with Crippen LogP contribution in [0.25, 0.3) is 0 Å². The lowest BCUT2D eigenvalue weighted by molar-refractivity contribution is -0.620. The number of rotatable bonds is 6. The molecule has 0 bridgehead atoms. The highest BCUT2D eigenvalue weighted by Gasteiger charge is 2.26. The Balaban J connectivity index is 2.35. The molecule has 9 nitrogen and oxygen atoms in total. The number of ether oxygens (including phenoxy) is 3. The molecular weight excluding hydrogens is 366 g/mol. The Labute approximate surface area is 162 Å². The number of carbonyl (C=O) groups is 2. The molecule has 0 aliphatic rings.